The molecule has 2 aromatic carbocycles. The molecule has 2 heterocycles. The van der Waals surface area contributed by atoms with E-state index in [0.717, 1.165) is 17.6 Å². The van der Waals surface area contributed by atoms with Crippen LogP contribution in [0.5, 0.6) is 0 Å². The first kappa shape index (κ1) is 18.7. The topological polar surface area (TPSA) is 58.4 Å². The van der Waals surface area contributed by atoms with E-state index in [1.165, 1.54) is 22.1 Å². The maximum atomic E-state index is 12.7. The number of aromatic nitrogens is 2. The second-order valence-electron chi connectivity index (χ2n) is 6.99. The zero-order chi connectivity index (χ0) is 19.7. The van der Waals surface area contributed by atoms with Crippen LogP contribution < -0.4 is 10.5 Å². The Bertz CT molecular complexity index is 1090. The number of para-hydroxylation sites is 1. The van der Waals surface area contributed by atoms with Crippen molar-refractivity contribution in [3.63, 3.8) is 0 Å². The zero-order valence-electron chi connectivity index (χ0n) is 15.6. The Kier molecular flexibility index (Phi) is 5.17. The van der Waals surface area contributed by atoms with Crippen LogP contribution in [0.3, 0.4) is 0 Å². The van der Waals surface area contributed by atoms with E-state index >= 15 is 0 Å². The number of anilines is 1. The van der Waals surface area contributed by atoms with Gasteiger partial charge in [0.1, 0.15) is 6.54 Å². The number of carbonyl (C=O) groups excluding carboxylic acids is 1. The lowest BCUT2D eigenvalue weighted by Crippen LogP contribution is -2.50. The monoisotopic (exact) mass is 440 g/mol. The molecule has 7 heteroatoms. The molecule has 0 aliphatic carbocycles. The molecule has 0 atom stereocenters. The van der Waals surface area contributed by atoms with Crippen LogP contribution in [0.15, 0.2) is 58.1 Å². The molecule has 28 heavy (non-hydrogen) atoms. The van der Waals surface area contributed by atoms with Gasteiger partial charge < -0.3 is 9.80 Å². The van der Waals surface area contributed by atoms with Gasteiger partial charge in [0.05, 0.1) is 17.2 Å². The summed E-state index contributed by atoms with van der Waals surface area (Å²) in [5.41, 5.74) is 2.89. The second-order valence-corrected chi connectivity index (χ2v) is 7.91. The first-order valence-corrected chi connectivity index (χ1v) is 10.1. The van der Waals surface area contributed by atoms with Crippen molar-refractivity contribution in [3.05, 3.63) is 69.2 Å². The molecule has 6 nitrogen and oxygen atoms in total. The minimum Gasteiger partial charge on any atom is -0.368 e. The van der Waals surface area contributed by atoms with Gasteiger partial charge in [0, 0.05) is 36.3 Å². The molecular weight excluding hydrogens is 420 g/mol. The number of hydrogen-bond acceptors (Lipinski definition) is 4. The van der Waals surface area contributed by atoms with Gasteiger partial charge in [-0.05, 0) is 36.8 Å². The van der Waals surface area contributed by atoms with Gasteiger partial charge in [-0.15, -0.1) is 0 Å². The lowest BCUT2D eigenvalue weighted by Gasteiger charge is -2.36. The molecule has 1 amide bonds. The number of aryl methyl sites for hydroxylation is 1. The molecule has 0 bridgehead atoms. The van der Waals surface area contributed by atoms with E-state index in [1.54, 1.807) is 12.1 Å². The van der Waals surface area contributed by atoms with E-state index in [2.05, 4.69) is 44.9 Å². The van der Waals surface area contributed by atoms with Gasteiger partial charge in [-0.2, -0.15) is 0 Å². The molecule has 0 saturated carbocycles. The van der Waals surface area contributed by atoms with E-state index in [0.29, 0.717) is 24.0 Å². The Morgan fingerprint density at radius 1 is 1.11 bits per heavy atom. The highest BCUT2D eigenvalue weighted by Crippen LogP contribution is 2.21. The Labute approximate surface area is 171 Å². The molecular formula is C21H21BrN4O2. The van der Waals surface area contributed by atoms with Crippen molar-refractivity contribution in [2.24, 2.45) is 0 Å². The van der Waals surface area contributed by atoms with Crippen molar-refractivity contribution < 1.29 is 4.79 Å². The molecule has 1 aliphatic heterocycles. The predicted molar refractivity (Wildman–Crippen MR) is 114 cm³/mol. The molecule has 144 valence electrons. The summed E-state index contributed by atoms with van der Waals surface area (Å²) in [6.07, 6.45) is 1.46. The first-order valence-electron chi connectivity index (χ1n) is 9.26. The minimum atomic E-state index is -0.196. The molecule has 0 radical (unpaired) electrons. The fraction of sp³-hybridized carbons (Fsp3) is 0.286. The average molecular weight is 441 g/mol. The van der Waals surface area contributed by atoms with E-state index in [9.17, 15) is 9.59 Å². The third-order valence-electron chi connectivity index (χ3n) is 5.18. The fourth-order valence-electron chi connectivity index (χ4n) is 3.60. The third kappa shape index (κ3) is 3.67. The largest absolute Gasteiger partial charge is 0.368 e. The number of rotatable bonds is 3. The van der Waals surface area contributed by atoms with Gasteiger partial charge in [-0.3, -0.25) is 14.2 Å². The lowest BCUT2D eigenvalue weighted by atomic mass is 10.1. The summed E-state index contributed by atoms with van der Waals surface area (Å²) in [5, 5.41) is 0.508. The number of amides is 1. The maximum absolute atomic E-state index is 12.7. The van der Waals surface area contributed by atoms with Crippen molar-refractivity contribution >= 4 is 38.4 Å². The highest BCUT2D eigenvalue weighted by Gasteiger charge is 2.22. The summed E-state index contributed by atoms with van der Waals surface area (Å²) in [6, 6.07) is 13.7. The second kappa shape index (κ2) is 7.75. The fourth-order valence-corrected chi connectivity index (χ4v) is 3.97. The van der Waals surface area contributed by atoms with E-state index in [-0.39, 0.29) is 18.0 Å². The molecule has 0 spiro atoms. The molecule has 0 unspecified atom stereocenters. The average Bonchev–Trinajstić information content (AvgIpc) is 2.71. The number of halogens is 1. The normalized spacial score (nSPS) is 14.5. The van der Waals surface area contributed by atoms with Crippen LogP contribution in [0.25, 0.3) is 10.9 Å². The summed E-state index contributed by atoms with van der Waals surface area (Å²) in [5.74, 6) is -0.0531. The van der Waals surface area contributed by atoms with Gasteiger partial charge in [0.15, 0.2) is 0 Å². The lowest BCUT2D eigenvalue weighted by molar-refractivity contribution is -0.132. The predicted octanol–water partition coefficient (Wildman–Crippen LogP) is 2.82. The molecule has 1 aliphatic rings. The smallest absolute Gasteiger partial charge is 0.261 e. The van der Waals surface area contributed by atoms with Crippen LogP contribution in [-0.4, -0.2) is 46.5 Å². The highest BCUT2D eigenvalue weighted by atomic mass is 79.9. The number of carbonyl (C=O) groups is 1. The van der Waals surface area contributed by atoms with Crippen LogP contribution >= 0.6 is 15.9 Å². The van der Waals surface area contributed by atoms with Crippen LogP contribution in [0, 0.1) is 6.92 Å². The van der Waals surface area contributed by atoms with E-state index < -0.39 is 0 Å². The Hall–Kier alpha value is -2.67. The maximum Gasteiger partial charge on any atom is 0.261 e. The van der Waals surface area contributed by atoms with Gasteiger partial charge in [0.2, 0.25) is 5.91 Å². The zero-order valence-corrected chi connectivity index (χ0v) is 17.2. The third-order valence-corrected chi connectivity index (χ3v) is 5.67. The Morgan fingerprint density at radius 2 is 1.86 bits per heavy atom. The van der Waals surface area contributed by atoms with Crippen molar-refractivity contribution in [2.45, 2.75) is 13.5 Å². The highest BCUT2D eigenvalue weighted by molar-refractivity contribution is 9.10. The van der Waals surface area contributed by atoms with Crippen LogP contribution in [0.1, 0.15) is 5.56 Å². The summed E-state index contributed by atoms with van der Waals surface area (Å²) >= 11 is 3.38. The standard InChI is InChI=1S/C21H21BrN4O2/c1-15-4-2-3-5-19(15)24-8-10-25(11-9-24)20(27)13-26-14-23-18-7-6-16(22)12-17(18)21(26)28/h2-7,12,14H,8-11,13H2,1H3. The molecule has 0 N–H and O–H groups in total. The Morgan fingerprint density at radius 3 is 2.61 bits per heavy atom. The summed E-state index contributed by atoms with van der Waals surface area (Å²) in [7, 11) is 0. The van der Waals surface area contributed by atoms with Crippen molar-refractivity contribution in [2.75, 3.05) is 31.1 Å². The number of fused-ring (bicyclic) bond motifs is 1. The molecule has 1 aromatic heterocycles. The number of hydrogen-bond donors (Lipinski definition) is 0. The SMILES string of the molecule is Cc1ccccc1N1CCN(C(=O)Cn2cnc3ccc(Br)cc3c2=O)CC1. The van der Waals surface area contributed by atoms with Gasteiger partial charge in [0.25, 0.3) is 5.56 Å². The van der Waals surface area contributed by atoms with Gasteiger partial charge in [-0.25, -0.2) is 4.98 Å². The van der Waals surface area contributed by atoms with Crippen molar-refractivity contribution in [1.29, 1.82) is 0 Å². The molecule has 4 rings (SSSR count). The summed E-state index contributed by atoms with van der Waals surface area (Å²) in [6.45, 7) is 4.98. The first-order chi connectivity index (χ1) is 13.5. The van der Waals surface area contributed by atoms with Crippen molar-refractivity contribution in [1.82, 2.24) is 14.5 Å². The van der Waals surface area contributed by atoms with Crippen LogP contribution in [0.4, 0.5) is 5.69 Å². The summed E-state index contributed by atoms with van der Waals surface area (Å²) in [4.78, 5) is 33.9. The van der Waals surface area contributed by atoms with Crippen molar-refractivity contribution in [3.8, 4) is 0 Å². The number of nitrogens with zero attached hydrogens (tertiary/aromatic N) is 4. The van der Waals surface area contributed by atoms with Gasteiger partial charge in [-0.1, -0.05) is 34.1 Å². The summed E-state index contributed by atoms with van der Waals surface area (Å²) < 4.78 is 2.21. The quantitative estimate of drug-likeness (QED) is 0.628. The van der Waals surface area contributed by atoms with Crippen LogP contribution in [-0.2, 0) is 11.3 Å². The van der Waals surface area contributed by atoms with Gasteiger partial charge >= 0.3 is 0 Å². The Balaban J connectivity index is 1.45. The number of benzene rings is 2. The molecule has 1 saturated heterocycles. The molecule has 1 fully saturated rings. The van der Waals surface area contributed by atoms with E-state index in [4.69, 9.17) is 0 Å². The van der Waals surface area contributed by atoms with Crippen LogP contribution in [0.2, 0.25) is 0 Å². The molecule has 3 aromatic rings. The minimum absolute atomic E-state index is 0.0126. The van der Waals surface area contributed by atoms with E-state index in [1.807, 2.05) is 23.1 Å². The number of piperazine rings is 1.